The highest BCUT2D eigenvalue weighted by atomic mass is 32.2. The number of hydrogen-bond donors (Lipinski definition) is 0. The first kappa shape index (κ1) is 27.4. The third-order valence-corrected chi connectivity index (χ3v) is 9.57. The summed E-state index contributed by atoms with van der Waals surface area (Å²) < 4.78 is 41.5. The summed E-state index contributed by atoms with van der Waals surface area (Å²) in [5, 5.41) is 1.57. The Bertz CT molecular complexity index is 1890. The molecule has 2 heterocycles. The fourth-order valence-electron chi connectivity index (χ4n) is 5.80. The van der Waals surface area contributed by atoms with Crippen LogP contribution in [0.4, 0.5) is 0 Å². The van der Waals surface area contributed by atoms with E-state index in [2.05, 4.69) is 0 Å². The molecule has 0 saturated heterocycles. The van der Waals surface area contributed by atoms with E-state index < -0.39 is 34.2 Å². The van der Waals surface area contributed by atoms with Gasteiger partial charge in [-0.2, -0.15) is 4.31 Å². The van der Waals surface area contributed by atoms with Crippen LogP contribution in [0.1, 0.15) is 34.5 Å². The van der Waals surface area contributed by atoms with Crippen LogP contribution in [-0.4, -0.2) is 43.8 Å². The van der Waals surface area contributed by atoms with Crippen LogP contribution in [0.5, 0.6) is 0 Å². The average Bonchev–Trinajstić information content (AvgIpc) is 3.02. The first-order chi connectivity index (χ1) is 20.3. The molecule has 0 aliphatic carbocycles. The molecule has 2 atom stereocenters. The normalized spacial score (nSPS) is 18.4. The molecule has 42 heavy (non-hydrogen) atoms. The summed E-state index contributed by atoms with van der Waals surface area (Å²) in [5.74, 6) is -1.63. The minimum absolute atomic E-state index is 0.0519. The highest BCUT2D eigenvalue weighted by Gasteiger charge is 2.53. The van der Waals surface area contributed by atoms with Crippen LogP contribution in [0.15, 0.2) is 113 Å². The van der Waals surface area contributed by atoms with Crippen molar-refractivity contribution in [1.82, 2.24) is 9.21 Å². The molecule has 0 radical (unpaired) electrons. The van der Waals surface area contributed by atoms with Gasteiger partial charge in [0.15, 0.2) is 0 Å². The summed E-state index contributed by atoms with van der Waals surface area (Å²) in [5.41, 5.74) is 2.62. The van der Waals surface area contributed by atoms with Gasteiger partial charge in [0.2, 0.25) is 10.0 Å². The van der Waals surface area contributed by atoms with E-state index in [0.29, 0.717) is 11.1 Å². The Hall–Kier alpha value is -4.73. The zero-order valence-corrected chi connectivity index (χ0v) is 24.0. The van der Waals surface area contributed by atoms with Crippen molar-refractivity contribution in [1.29, 1.82) is 0 Å². The highest BCUT2D eigenvalue weighted by Crippen LogP contribution is 2.51. The monoisotopic (exact) mass is 580 g/mol. The van der Waals surface area contributed by atoms with Crippen LogP contribution in [-0.2, 0) is 29.1 Å². The van der Waals surface area contributed by atoms with Crippen molar-refractivity contribution in [3.8, 4) is 0 Å². The quantitative estimate of drug-likeness (QED) is 0.289. The van der Waals surface area contributed by atoms with E-state index in [4.69, 9.17) is 9.47 Å². The minimum atomic E-state index is -4.32. The molecule has 0 N–H and O–H groups in total. The number of carbonyl (C=O) groups excluding carboxylic acids is 2. The lowest BCUT2D eigenvalue weighted by Gasteiger charge is -2.49. The Balaban J connectivity index is 1.78. The molecule has 9 heteroatoms. The number of sulfonamides is 1. The smallest absolute Gasteiger partial charge is 0.355 e. The number of aryl methyl sites for hydroxylation is 1. The number of nitrogens with zero attached hydrogens (tertiary/aromatic N) is 2. The molecule has 4 aromatic rings. The van der Waals surface area contributed by atoms with Gasteiger partial charge < -0.3 is 14.4 Å². The van der Waals surface area contributed by atoms with E-state index in [1.807, 2.05) is 67.6 Å². The molecule has 2 aliphatic heterocycles. The van der Waals surface area contributed by atoms with Gasteiger partial charge in [0.25, 0.3) is 0 Å². The van der Waals surface area contributed by atoms with Crippen molar-refractivity contribution in [2.75, 3.05) is 14.2 Å². The van der Waals surface area contributed by atoms with Crippen LogP contribution in [0, 0.1) is 6.92 Å². The molecule has 6 rings (SSSR count). The second kappa shape index (κ2) is 10.6. The lowest BCUT2D eigenvalue weighted by Crippen LogP contribution is -2.52. The molecule has 0 bridgehead atoms. The summed E-state index contributed by atoms with van der Waals surface area (Å²) in [6.45, 7) is 1.88. The second-order valence-corrected chi connectivity index (χ2v) is 11.9. The zero-order chi connectivity index (χ0) is 29.6. The molecule has 0 aromatic heterocycles. The van der Waals surface area contributed by atoms with Gasteiger partial charge in [-0.25, -0.2) is 18.0 Å². The molecular weight excluding hydrogens is 552 g/mol. The lowest BCUT2D eigenvalue weighted by atomic mass is 9.87. The van der Waals surface area contributed by atoms with E-state index in [1.165, 1.54) is 23.4 Å². The van der Waals surface area contributed by atoms with Crippen molar-refractivity contribution < 1.29 is 27.5 Å². The Morgan fingerprint density at radius 2 is 1.40 bits per heavy atom. The summed E-state index contributed by atoms with van der Waals surface area (Å²) in [6, 6.07) is 25.7. The van der Waals surface area contributed by atoms with Crippen LogP contribution in [0.2, 0.25) is 0 Å². The van der Waals surface area contributed by atoms with Crippen molar-refractivity contribution in [2.24, 2.45) is 0 Å². The first-order valence-electron chi connectivity index (χ1n) is 13.3. The van der Waals surface area contributed by atoms with Gasteiger partial charge in [-0.05, 0) is 52.6 Å². The molecule has 0 fully saturated rings. The maximum Gasteiger partial charge on any atom is 0.355 e. The topological polar surface area (TPSA) is 93.2 Å². The van der Waals surface area contributed by atoms with Crippen LogP contribution >= 0.6 is 0 Å². The fraction of sp³-hybridized carbons (Fsp3) is 0.152. The largest absolute Gasteiger partial charge is 0.466 e. The number of hydrogen-bond acceptors (Lipinski definition) is 7. The molecule has 0 saturated carbocycles. The first-order valence-corrected chi connectivity index (χ1v) is 14.8. The Morgan fingerprint density at radius 3 is 2.14 bits per heavy atom. The van der Waals surface area contributed by atoms with Gasteiger partial charge in [0, 0.05) is 6.20 Å². The minimum Gasteiger partial charge on any atom is -0.466 e. The fourth-order valence-corrected chi connectivity index (χ4v) is 7.50. The third kappa shape index (κ3) is 4.29. The predicted octanol–water partition coefficient (Wildman–Crippen LogP) is 5.48. The SMILES string of the molecule is COC(=O)C1=C(C(=O)OC)N2C=Cc3ccccc3[C@@H]2N(S(=O)(=O)c2ccc(C)cc2)[C@@H]1c1cccc2ccccc12. The molecule has 0 spiro atoms. The highest BCUT2D eigenvalue weighted by molar-refractivity contribution is 7.89. The third-order valence-electron chi connectivity index (χ3n) is 7.73. The van der Waals surface area contributed by atoms with E-state index in [1.54, 1.807) is 42.6 Å². The van der Waals surface area contributed by atoms with E-state index in [-0.39, 0.29) is 16.2 Å². The van der Waals surface area contributed by atoms with Crippen LogP contribution in [0.25, 0.3) is 16.8 Å². The van der Waals surface area contributed by atoms with Crippen molar-refractivity contribution in [2.45, 2.75) is 24.0 Å². The average molecular weight is 581 g/mol. The molecule has 0 amide bonds. The summed E-state index contributed by atoms with van der Waals surface area (Å²) in [6.07, 6.45) is 2.36. The number of methoxy groups -OCH3 is 2. The molecule has 0 unspecified atom stereocenters. The van der Waals surface area contributed by atoms with E-state index in [9.17, 15) is 18.0 Å². The van der Waals surface area contributed by atoms with Gasteiger partial charge in [0.1, 0.15) is 11.9 Å². The van der Waals surface area contributed by atoms with Crippen molar-refractivity contribution in [3.63, 3.8) is 0 Å². The Labute approximate surface area is 244 Å². The standard InChI is InChI=1S/C33H28N2O6S/c1-21-15-17-24(18-16-21)42(38,39)35-29(27-14-8-11-22-9-4-6-12-25(22)27)28(32(36)40-2)30(33(37)41-3)34-20-19-23-10-5-7-13-26(23)31(34)35/h4-20,29,31H,1-3H3/t29-,31+/m1/s1. The van der Waals surface area contributed by atoms with Gasteiger partial charge >= 0.3 is 11.9 Å². The van der Waals surface area contributed by atoms with Gasteiger partial charge in [-0.1, -0.05) is 84.4 Å². The van der Waals surface area contributed by atoms with Gasteiger partial charge in [-0.3, -0.25) is 0 Å². The number of esters is 2. The van der Waals surface area contributed by atoms with Gasteiger partial charge in [-0.15, -0.1) is 0 Å². The summed E-state index contributed by atoms with van der Waals surface area (Å²) >= 11 is 0. The molecule has 8 nitrogen and oxygen atoms in total. The van der Waals surface area contributed by atoms with E-state index >= 15 is 0 Å². The van der Waals surface area contributed by atoms with Crippen molar-refractivity contribution >= 4 is 38.8 Å². The Kier molecular flexibility index (Phi) is 6.92. The molecule has 4 aromatic carbocycles. The number of benzene rings is 4. The zero-order valence-electron chi connectivity index (χ0n) is 23.2. The molecule has 2 aliphatic rings. The van der Waals surface area contributed by atoms with Crippen LogP contribution < -0.4 is 0 Å². The van der Waals surface area contributed by atoms with E-state index in [0.717, 1.165) is 21.9 Å². The van der Waals surface area contributed by atoms with Crippen LogP contribution in [0.3, 0.4) is 0 Å². The maximum atomic E-state index is 14.9. The van der Waals surface area contributed by atoms with Crippen molar-refractivity contribution in [3.05, 3.63) is 131 Å². The summed E-state index contributed by atoms with van der Waals surface area (Å²) in [7, 11) is -1.89. The van der Waals surface area contributed by atoms with Gasteiger partial charge in [0.05, 0.1) is 30.7 Å². The molecular formula is C33H28N2O6S. The number of ether oxygens (including phenoxy) is 2. The second-order valence-electron chi connectivity index (χ2n) is 10.1. The number of rotatable bonds is 5. The molecule has 212 valence electrons. The Morgan fingerprint density at radius 1 is 0.762 bits per heavy atom. The maximum absolute atomic E-state index is 14.9. The predicted molar refractivity (Wildman–Crippen MR) is 158 cm³/mol. The summed E-state index contributed by atoms with van der Waals surface area (Å²) in [4.78, 5) is 28.8. The number of fused-ring (bicyclic) bond motifs is 4. The number of carbonyl (C=O) groups is 2. The lowest BCUT2D eigenvalue weighted by molar-refractivity contribution is -0.142.